The van der Waals surface area contributed by atoms with E-state index in [-0.39, 0.29) is 25.0 Å². The minimum absolute atomic E-state index is 0.142. The number of carbonyl (C=O) groups excluding carboxylic acids is 2. The van der Waals surface area contributed by atoms with Crippen LogP contribution in [0.5, 0.6) is 5.75 Å². The first kappa shape index (κ1) is 29.5. The first-order valence-electron chi connectivity index (χ1n) is 13.1. The van der Waals surface area contributed by atoms with Crippen molar-refractivity contribution in [3.8, 4) is 5.75 Å². The highest BCUT2D eigenvalue weighted by Gasteiger charge is 2.31. The van der Waals surface area contributed by atoms with Crippen molar-refractivity contribution in [2.45, 2.75) is 58.5 Å². The number of nitrogens with one attached hydrogen (secondary N) is 1. The van der Waals surface area contributed by atoms with Crippen LogP contribution in [0.15, 0.2) is 72.8 Å². The third kappa shape index (κ3) is 8.78. The lowest BCUT2D eigenvalue weighted by Crippen LogP contribution is -2.51. The smallest absolute Gasteiger partial charge is 0.261 e. The highest BCUT2D eigenvalue weighted by atomic mass is 35.5. The fourth-order valence-electron chi connectivity index (χ4n) is 4.07. The summed E-state index contributed by atoms with van der Waals surface area (Å²) in [6, 6.07) is 21.8. The highest BCUT2D eigenvalue weighted by Crippen LogP contribution is 2.25. The van der Waals surface area contributed by atoms with Gasteiger partial charge in [0.25, 0.3) is 5.91 Å². The maximum Gasteiger partial charge on any atom is 0.261 e. The Morgan fingerprint density at radius 3 is 2.32 bits per heavy atom. The predicted molar refractivity (Wildman–Crippen MR) is 155 cm³/mol. The van der Waals surface area contributed by atoms with E-state index in [1.807, 2.05) is 54.6 Å². The van der Waals surface area contributed by atoms with Gasteiger partial charge in [0.2, 0.25) is 5.91 Å². The molecule has 1 atom stereocenters. The number of hydrogen-bond donors (Lipinski definition) is 1. The van der Waals surface area contributed by atoms with Gasteiger partial charge in [-0.2, -0.15) is 0 Å². The van der Waals surface area contributed by atoms with Crippen molar-refractivity contribution in [1.82, 2.24) is 10.2 Å². The second-order valence-corrected chi connectivity index (χ2v) is 10.5. The number of carbonyl (C=O) groups is 2. The molecule has 1 N–H and O–H groups in total. The second-order valence-electron chi connectivity index (χ2n) is 9.62. The van der Waals surface area contributed by atoms with Gasteiger partial charge in [-0.15, -0.1) is 0 Å². The van der Waals surface area contributed by atoms with Crippen molar-refractivity contribution >= 4 is 35.0 Å². The Morgan fingerprint density at radius 1 is 0.974 bits per heavy atom. The van der Waals surface area contributed by atoms with Gasteiger partial charge >= 0.3 is 0 Å². The molecule has 7 heteroatoms. The first-order valence-corrected chi connectivity index (χ1v) is 13.8. The largest absolute Gasteiger partial charge is 0.484 e. The van der Waals surface area contributed by atoms with Crippen molar-refractivity contribution < 1.29 is 14.3 Å². The molecule has 202 valence electrons. The number of unbranched alkanes of at least 4 members (excludes halogenated alkanes) is 1. The van der Waals surface area contributed by atoms with Crippen LogP contribution in [0.1, 0.15) is 56.2 Å². The third-order valence-corrected chi connectivity index (χ3v) is 6.95. The molecule has 2 amide bonds. The molecule has 38 heavy (non-hydrogen) atoms. The summed E-state index contributed by atoms with van der Waals surface area (Å²) >= 11 is 12.6. The molecule has 3 aromatic carbocycles. The van der Waals surface area contributed by atoms with Gasteiger partial charge in [-0.3, -0.25) is 9.59 Å². The van der Waals surface area contributed by atoms with E-state index in [4.69, 9.17) is 27.9 Å². The predicted octanol–water partition coefficient (Wildman–Crippen LogP) is 7.05. The minimum Gasteiger partial charge on any atom is -0.484 e. The number of ether oxygens (including phenoxy) is 1. The second kappa shape index (κ2) is 14.8. The Hall–Kier alpha value is -3.02. The van der Waals surface area contributed by atoms with Crippen molar-refractivity contribution in [3.05, 3.63) is 99.5 Å². The molecule has 0 aliphatic heterocycles. The number of halogens is 2. The Kier molecular flexibility index (Phi) is 11.5. The summed E-state index contributed by atoms with van der Waals surface area (Å²) in [5.74, 6) is 0.479. The normalized spacial score (nSPS) is 11.7. The Bertz CT molecular complexity index is 1180. The Morgan fingerprint density at radius 2 is 1.68 bits per heavy atom. The van der Waals surface area contributed by atoms with E-state index in [0.29, 0.717) is 40.2 Å². The summed E-state index contributed by atoms with van der Waals surface area (Å²) in [5.41, 5.74) is 2.84. The number of hydrogen-bond acceptors (Lipinski definition) is 3. The lowest BCUT2D eigenvalue weighted by molar-refractivity contribution is -0.142. The average molecular weight is 556 g/mol. The van der Waals surface area contributed by atoms with Gasteiger partial charge in [0.15, 0.2) is 6.61 Å². The molecule has 5 nitrogen and oxygen atoms in total. The van der Waals surface area contributed by atoms with Gasteiger partial charge in [-0.25, -0.2) is 0 Å². The lowest BCUT2D eigenvalue weighted by atomic mass is 10.0. The summed E-state index contributed by atoms with van der Waals surface area (Å²) in [7, 11) is 0. The molecular formula is C31H36Cl2N2O3. The van der Waals surface area contributed by atoms with Crippen molar-refractivity contribution in [2.75, 3.05) is 13.2 Å². The highest BCUT2D eigenvalue weighted by molar-refractivity contribution is 6.35. The topological polar surface area (TPSA) is 58.6 Å². The summed E-state index contributed by atoms with van der Waals surface area (Å²) in [6.45, 7) is 6.79. The molecule has 0 saturated carbocycles. The van der Waals surface area contributed by atoms with Gasteiger partial charge in [-0.1, -0.05) is 98.9 Å². The van der Waals surface area contributed by atoms with Crippen molar-refractivity contribution in [1.29, 1.82) is 0 Å². The van der Waals surface area contributed by atoms with Crippen LogP contribution < -0.4 is 10.1 Å². The van der Waals surface area contributed by atoms with Gasteiger partial charge in [0, 0.05) is 29.6 Å². The molecular weight excluding hydrogens is 519 g/mol. The maximum absolute atomic E-state index is 13.7. The van der Waals surface area contributed by atoms with E-state index in [0.717, 1.165) is 18.4 Å². The lowest BCUT2D eigenvalue weighted by Gasteiger charge is -2.31. The van der Waals surface area contributed by atoms with Gasteiger partial charge in [0.05, 0.1) is 0 Å². The van der Waals surface area contributed by atoms with Crippen LogP contribution in [-0.2, 0) is 22.6 Å². The minimum atomic E-state index is -0.750. The molecule has 0 aliphatic rings. The molecule has 0 heterocycles. The third-order valence-electron chi connectivity index (χ3n) is 6.37. The van der Waals surface area contributed by atoms with E-state index < -0.39 is 6.04 Å². The van der Waals surface area contributed by atoms with E-state index in [1.54, 1.807) is 23.1 Å². The van der Waals surface area contributed by atoms with Crippen LogP contribution in [0.3, 0.4) is 0 Å². The first-order chi connectivity index (χ1) is 18.3. The van der Waals surface area contributed by atoms with Gasteiger partial charge in [-0.05, 0) is 53.3 Å². The number of nitrogens with zero attached hydrogens (tertiary/aromatic N) is 1. The molecule has 0 aliphatic carbocycles. The van der Waals surface area contributed by atoms with Crippen molar-refractivity contribution in [2.24, 2.45) is 0 Å². The zero-order valence-electron chi connectivity index (χ0n) is 22.3. The van der Waals surface area contributed by atoms with Crippen LogP contribution in [0, 0.1) is 0 Å². The van der Waals surface area contributed by atoms with Gasteiger partial charge < -0.3 is 15.0 Å². The SMILES string of the molecule is CCCCNC(=O)[C@H](Cc1ccccc1)N(Cc1ccc(Cl)cc1Cl)C(=O)COc1ccc(C(C)C)cc1. The van der Waals surface area contributed by atoms with E-state index in [1.165, 1.54) is 5.56 Å². The molecule has 0 unspecified atom stereocenters. The molecule has 0 spiro atoms. The summed E-state index contributed by atoms with van der Waals surface area (Å²) in [6.07, 6.45) is 2.17. The van der Waals surface area contributed by atoms with Crippen LogP contribution in [0.25, 0.3) is 0 Å². The molecule has 3 rings (SSSR count). The number of benzene rings is 3. The van der Waals surface area contributed by atoms with Crippen LogP contribution in [0.2, 0.25) is 10.0 Å². The zero-order chi connectivity index (χ0) is 27.5. The molecule has 0 saturated heterocycles. The van der Waals surface area contributed by atoms with Crippen LogP contribution >= 0.6 is 23.2 Å². The fourth-order valence-corrected chi connectivity index (χ4v) is 4.54. The van der Waals surface area contributed by atoms with E-state index >= 15 is 0 Å². The van der Waals surface area contributed by atoms with Crippen LogP contribution in [0.4, 0.5) is 0 Å². The van der Waals surface area contributed by atoms with E-state index in [9.17, 15) is 9.59 Å². The van der Waals surface area contributed by atoms with Crippen LogP contribution in [-0.4, -0.2) is 35.9 Å². The summed E-state index contributed by atoms with van der Waals surface area (Å²) in [5, 5.41) is 3.95. The zero-order valence-corrected chi connectivity index (χ0v) is 23.8. The number of amides is 2. The molecule has 3 aromatic rings. The molecule has 0 bridgehead atoms. The summed E-state index contributed by atoms with van der Waals surface area (Å²) < 4.78 is 5.87. The van der Waals surface area contributed by atoms with E-state index in [2.05, 4.69) is 26.1 Å². The summed E-state index contributed by atoms with van der Waals surface area (Å²) in [4.78, 5) is 28.7. The standard InChI is InChI=1S/C31H36Cl2N2O3/c1-4-5-17-34-31(37)29(18-23-9-7-6-8-10-23)35(20-25-11-14-26(32)19-28(25)33)30(36)21-38-27-15-12-24(13-16-27)22(2)3/h6-16,19,22,29H,4-5,17-18,20-21H2,1-3H3,(H,34,37)/t29-/m0/s1. The molecule has 0 fully saturated rings. The van der Waals surface area contributed by atoms with Crippen molar-refractivity contribution in [3.63, 3.8) is 0 Å². The Balaban J connectivity index is 1.89. The Labute approximate surface area is 236 Å². The van der Waals surface area contributed by atoms with Gasteiger partial charge in [0.1, 0.15) is 11.8 Å². The monoisotopic (exact) mass is 554 g/mol. The number of rotatable bonds is 13. The molecule has 0 radical (unpaired) electrons. The quantitative estimate of drug-likeness (QED) is 0.230. The fraction of sp³-hybridized carbons (Fsp3) is 0.355. The average Bonchev–Trinajstić information content (AvgIpc) is 2.91. The molecule has 0 aromatic heterocycles. The maximum atomic E-state index is 13.7.